The van der Waals surface area contributed by atoms with Crippen LogP contribution < -0.4 is 0 Å². The second-order valence-corrected chi connectivity index (χ2v) is 2.85. The number of hydrogen-bond acceptors (Lipinski definition) is 3. The molecule has 60 valence electrons. The van der Waals surface area contributed by atoms with Crippen LogP contribution in [0.3, 0.4) is 0 Å². The first-order chi connectivity index (χ1) is 5.86. The maximum absolute atomic E-state index is 3.91. The smallest absolute Gasteiger partial charge is 0.0960 e. The van der Waals surface area contributed by atoms with E-state index in [4.69, 9.17) is 0 Å². The summed E-state index contributed by atoms with van der Waals surface area (Å²) in [5.74, 6) is 0.458. The van der Waals surface area contributed by atoms with Gasteiger partial charge in [0, 0.05) is 5.56 Å². The van der Waals surface area contributed by atoms with Crippen molar-refractivity contribution in [1.29, 1.82) is 0 Å². The van der Waals surface area contributed by atoms with Crippen LogP contribution in [0.5, 0.6) is 0 Å². The van der Waals surface area contributed by atoms with Gasteiger partial charge < -0.3 is 0 Å². The van der Waals surface area contributed by atoms with Crippen molar-refractivity contribution in [1.82, 2.24) is 15.4 Å². The number of fused-ring (bicyclic) bond motifs is 1. The molecule has 0 N–H and O–H groups in total. The normalized spacial score (nSPS) is 20.2. The Morgan fingerprint density at radius 3 is 3.00 bits per heavy atom. The van der Waals surface area contributed by atoms with Crippen molar-refractivity contribution in [2.75, 3.05) is 0 Å². The molecule has 0 spiro atoms. The Bertz CT molecular complexity index is 308. The van der Waals surface area contributed by atoms with Gasteiger partial charge in [0.25, 0.3) is 0 Å². The van der Waals surface area contributed by atoms with Gasteiger partial charge in [-0.3, -0.25) is 0 Å². The number of rotatable bonds is 0. The monoisotopic (exact) mass is 159 g/mol. The molecule has 1 aliphatic rings. The maximum atomic E-state index is 3.91. The van der Waals surface area contributed by atoms with Crippen LogP contribution in [0.2, 0.25) is 0 Å². The van der Waals surface area contributed by atoms with E-state index in [1.807, 2.05) is 12.2 Å². The maximum Gasteiger partial charge on any atom is 0.0960 e. The Balaban J connectivity index is 2.52. The van der Waals surface area contributed by atoms with Crippen molar-refractivity contribution >= 4 is 12.2 Å². The van der Waals surface area contributed by atoms with E-state index in [9.17, 15) is 0 Å². The molecule has 0 saturated heterocycles. The molecule has 0 radical (unpaired) electrons. The van der Waals surface area contributed by atoms with Crippen LogP contribution in [0.15, 0.2) is 18.3 Å². The molecule has 0 amide bonds. The molecular formula is C9H9N3. The van der Waals surface area contributed by atoms with Crippen molar-refractivity contribution in [2.24, 2.45) is 5.92 Å². The molecule has 1 unspecified atom stereocenters. The van der Waals surface area contributed by atoms with E-state index in [-0.39, 0.29) is 0 Å². The zero-order valence-corrected chi connectivity index (χ0v) is 6.81. The van der Waals surface area contributed by atoms with Gasteiger partial charge in [-0.05, 0) is 17.2 Å². The fourth-order valence-electron chi connectivity index (χ4n) is 1.11. The number of nitrogens with zero attached hydrogens (tertiary/aromatic N) is 3. The van der Waals surface area contributed by atoms with Crippen LogP contribution in [0.4, 0.5) is 0 Å². The number of aromatic nitrogens is 3. The van der Waals surface area contributed by atoms with Crippen molar-refractivity contribution in [2.45, 2.75) is 6.92 Å². The fraction of sp³-hybridized carbons (Fsp3) is 0.222. The highest BCUT2D eigenvalue weighted by atomic mass is 15.3. The predicted octanol–water partition coefficient (Wildman–Crippen LogP) is 1.55. The summed E-state index contributed by atoms with van der Waals surface area (Å²) in [5.41, 5.74) is 1.93. The lowest BCUT2D eigenvalue weighted by molar-refractivity contribution is 0.854. The Kier molecular flexibility index (Phi) is 1.70. The molecule has 12 heavy (non-hydrogen) atoms. The van der Waals surface area contributed by atoms with Crippen LogP contribution in [0, 0.1) is 5.92 Å². The minimum atomic E-state index is 0.458. The van der Waals surface area contributed by atoms with E-state index < -0.39 is 0 Å². The molecule has 1 aromatic heterocycles. The summed E-state index contributed by atoms with van der Waals surface area (Å²) < 4.78 is 0. The van der Waals surface area contributed by atoms with Crippen LogP contribution in [-0.4, -0.2) is 15.4 Å². The van der Waals surface area contributed by atoms with Crippen LogP contribution >= 0.6 is 0 Å². The molecule has 0 aliphatic heterocycles. The third kappa shape index (κ3) is 1.25. The van der Waals surface area contributed by atoms with Gasteiger partial charge >= 0.3 is 0 Å². The summed E-state index contributed by atoms with van der Waals surface area (Å²) in [6, 6.07) is 0. The van der Waals surface area contributed by atoms with Crippen LogP contribution in [0.25, 0.3) is 12.2 Å². The number of allylic oxidation sites excluding steroid dienone is 2. The molecule has 0 fully saturated rings. The Labute approximate surface area is 70.8 Å². The SMILES string of the molecule is CC1C=Cc2cnnnc2C=C1. The first-order valence-electron chi connectivity index (χ1n) is 3.91. The Morgan fingerprint density at radius 2 is 2.08 bits per heavy atom. The van der Waals surface area contributed by atoms with Gasteiger partial charge in [0.15, 0.2) is 0 Å². The van der Waals surface area contributed by atoms with Crippen molar-refractivity contribution in [3.05, 3.63) is 29.6 Å². The minimum Gasteiger partial charge on any atom is -0.138 e. The van der Waals surface area contributed by atoms with Gasteiger partial charge in [-0.1, -0.05) is 25.2 Å². The zero-order valence-electron chi connectivity index (χ0n) is 6.81. The molecule has 0 saturated carbocycles. The van der Waals surface area contributed by atoms with Crippen LogP contribution in [0.1, 0.15) is 18.2 Å². The summed E-state index contributed by atoms with van der Waals surface area (Å²) in [5, 5.41) is 11.2. The number of hydrogen-bond donors (Lipinski definition) is 0. The third-order valence-electron chi connectivity index (χ3n) is 1.83. The van der Waals surface area contributed by atoms with E-state index in [1.54, 1.807) is 6.20 Å². The summed E-state index contributed by atoms with van der Waals surface area (Å²) in [6.07, 6.45) is 9.94. The van der Waals surface area contributed by atoms with E-state index in [1.165, 1.54) is 0 Å². The highest BCUT2D eigenvalue weighted by Crippen LogP contribution is 2.15. The van der Waals surface area contributed by atoms with E-state index in [0.29, 0.717) is 5.92 Å². The molecule has 0 bridgehead atoms. The summed E-state index contributed by atoms with van der Waals surface area (Å²) in [7, 11) is 0. The molecule has 3 heteroatoms. The molecule has 3 nitrogen and oxygen atoms in total. The Hall–Kier alpha value is -1.51. The molecule has 1 aromatic rings. The molecule has 1 atom stereocenters. The first-order valence-corrected chi connectivity index (χ1v) is 3.91. The van der Waals surface area contributed by atoms with Crippen LogP contribution in [-0.2, 0) is 0 Å². The lowest BCUT2D eigenvalue weighted by Gasteiger charge is -1.92. The molecule has 2 rings (SSSR count). The largest absolute Gasteiger partial charge is 0.138 e. The van der Waals surface area contributed by atoms with E-state index in [0.717, 1.165) is 11.3 Å². The van der Waals surface area contributed by atoms with Gasteiger partial charge in [0.2, 0.25) is 0 Å². The molecule has 1 heterocycles. The molecule has 1 aliphatic carbocycles. The van der Waals surface area contributed by atoms with Gasteiger partial charge in [-0.2, -0.15) is 0 Å². The quantitative estimate of drug-likeness (QED) is 0.576. The van der Waals surface area contributed by atoms with Crippen molar-refractivity contribution in [3.63, 3.8) is 0 Å². The van der Waals surface area contributed by atoms with Gasteiger partial charge in [0.05, 0.1) is 11.9 Å². The topological polar surface area (TPSA) is 38.7 Å². The summed E-state index contributed by atoms with van der Waals surface area (Å²) >= 11 is 0. The van der Waals surface area contributed by atoms with Gasteiger partial charge in [-0.25, -0.2) is 0 Å². The van der Waals surface area contributed by atoms with Gasteiger partial charge in [0.1, 0.15) is 0 Å². The molecule has 0 aromatic carbocycles. The van der Waals surface area contributed by atoms with E-state index >= 15 is 0 Å². The average molecular weight is 159 g/mol. The molecular weight excluding hydrogens is 150 g/mol. The Morgan fingerprint density at radius 1 is 1.25 bits per heavy atom. The third-order valence-corrected chi connectivity index (χ3v) is 1.83. The highest BCUT2D eigenvalue weighted by molar-refractivity contribution is 5.63. The lowest BCUT2D eigenvalue weighted by atomic mass is 10.2. The zero-order chi connectivity index (χ0) is 8.39. The minimum absolute atomic E-state index is 0.458. The van der Waals surface area contributed by atoms with Crippen molar-refractivity contribution < 1.29 is 0 Å². The lowest BCUT2D eigenvalue weighted by Crippen LogP contribution is -1.91. The highest BCUT2D eigenvalue weighted by Gasteiger charge is 2.02. The second kappa shape index (κ2) is 2.85. The first kappa shape index (κ1) is 7.16. The van der Waals surface area contributed by atoms with Gasteiger partial charge in [-0.15, -0.1) is 10.2 Å². The fourth-order valence-corrected chi connectivity index (χ4v) is 1.11. The standard InChI is InChI=1S/C9H9N3/c1-7-2-4-8-6-10-12-11-9(8)5-3-7/h2-7H,1H3. The predicted molar refractivity (Wildman–Crippen MR) is 47.1 cm³/mol. The second-order valence-electron chi connectivity index (χ2n) is 2.85. The van der Waals surface area contributed by atoms with E-state index in [2.05, 4.69) is 34.5 Å². The summed E-state index contributed by atoms with van der Waals surface area (Å²) in [4.78, 5) is 0. The summed E-state index contributed by atoms with van der Waals surface area (Å²) in [6.45, 7) is 2.12. The van der Waals surface area contributed by atoms with Crippen molar-refractivity contribution in [3.8, 4) is 0 Å². The average Bonchev–Trinajstić information content (AvgIpc) is 2.29.